The molecule has 0 radical (unpaired) electrons. The fraction of sp³-hybridized carbons (Fsp3) is 0.387. The highest BCUT2D eigenvalue weighted by atomic mass is 16.5. The van der Waals surface area contributed by atoms with Gasteiger partial charge in [0.25, 0.3) is 5.91 Å². The normalized spacial score (nSPS) is 15.2. The molecule has 2 saturated heterocycles. The predicted octanol–water partition coefficient (Wildman–Crippen LogP) is 4.20. The van der Waals surface area contributed by atoms with Crippen molar-refractivity contribution in [2.24, 2.45) is 5.73 Å². The molecule has 2 aliphatic heterocycles. The lowest BCUT2D eigenvalue weighted by Gasteiger charge is -2.33. The van der Waals surface area contributed by atoms with Gasteiger partial charge in [-0.15, -0.1) is 0 Å². The van der Waals surface area contributed by atoms with Crippen molar-refractivity contribution < 1.29 is 14.3 Å². The average Bonchev–Trinajstić information content (AvgIpc) is 3.55. The predicted molar refractivity (Wildman–Crippen MR) is 157 cm³/mol. The van der Waals surface area contributed by atoms with Crippen molar-refractivity contribution in [1.82, 2.24) is 14.8 Å². The summed E-state index contributed by atoms with van der Waals surface area (Å²) in [5.74, 6) is -0.161. The number of hydrogen-bond donors (Lipinski definition) is 2. The van der Waals surface area contributed by atoms with E-state index in [1.165, 1.54) is 0 Å². The summed E-state index contributed by atoms with van der Waals surface area (Å²) >= 11 is 0. The third-order valence-corrected chi connectivity index (χ3v) is 7.45. The van der Waals surface area contributed by atoms with Crippen molar-refractivity contribution >= 4 is 23.3 Å². The number of aromatic nitrogens is 1. The minimum atomic E-state index is -0.161. The number of nitrogens with one attached hydrogen (secondary N) is 1. The van der Waals surface area contributed by atoms with E-state index in [-0.39, 0.29) is 11.9 Å². The van der Waals surface area contributed by atoms with Crippen LogP contribution >= 0.6 is 0 Å². The quantitative estimate of drug-likeness (QED) is 0.420. The van der Waals surface area contributed by atoms with Gasteiger partial charge in [0, 0.05) is 57.2 Å². The van der Waals surface area contributed by atoms with Crippen LogP contribution < -0.4 is 16.0 Å². The monoisotopic (exact) mass is 542 g/mol. The van der Waals surface area contributed by atoms with Crippen molar-refractivity contribution in [2.75, 3.05) is 62.7 Å². The number of amides is 3. The van der Waals surface area contributed by atoms with Crippen molar-refractivity contribution in [3.05, 3.63) is 78.1 Å². The number of ether oxygens (including phenoxy) is 1. The molecule has 3 amide bonds. The molecule has 0 atom stereocenters. The first kappa shape index (κ1) is 27.6. The first-order valence-electron chi connectivity index (χ1n) is 14.1. The third kappa shape index (κ3) is 6.78. The first-order valence-corrected chi connectivity index (χ1v) is 14.1. The molecule has 3 heterocycles. The van der Waals surface area contributed by atoms with Gasteiger partial charge >= 0.3 is 6.03 Å². The average molecular weight is 543 g/mol. The van der Waals surface area contributed by atoms with Gasteiger partial charge in [0.15, 0.2) is 0 Å². The second-order valence-electron chi connectivity index (χ2n) is 10.3. The SMILES string of the molecule is NCCCN(Cc1cccc(-c2ccc(N3CCCC3)c(NC(=O)c3ccncc3)c2)c1)C(=O)N1CCOCC1. The Kier molecular flexibility index (Phi) is 9.26. The molecular formula is C31H38N6O3. The molecule has 2 aliphatic rings. The molecule has 2 fully saturated rings. The largest absolute Gasteiger partial charge is 0.378 e. The Labute approximate surface area is 235 Å². The Bertz CT molecular complexity index is 1290. The van der Waals surface area contributed by atoms with E-state index in [0.717, 1.165) is 60.4 Å². The van der Waals surface area contributed by atoms with Crippen LogP contribution in [-0.2, 0) is 11.3 Å². The molecule has 9 nitrogen and oxygen atoms in total. The minimum absolute atomic E-state index is 0.0261. The zero-order valence-electron chi connectivity index (χ0n) is 22.9. The number of carbonyl (C=O) groups is 2. The first-order chi connectivity index (χ1) is 19.6. The Hall–Kier alpha value is -3.95. The van der Waals surface area contributed by atoms with E-state index in [9.17, 15) is 9.59 Å². The number of nitrogens with zero attached hydrogens (tertiary/aromatic N) is 4. The Morgan fingerprint density at radius 1 is 0.950 bits per heavy atom. The molecule has 0 aliphatic carbocycles. The molecule has 3 N–H and O–H groups in total. The summed E-state index contributed by atoms with van der Waals surface area (Å²) in [5, 5.41) is 3.15. The summed E-state index contributed by atoms with van der Waals surface area (Å²) < 4.78 is 5.43. The minimum Gasteiger partial charge on any atom is -0.378 e. The van der Waals surface area contributed by atoms with Crippen LogP contribution in [0, 0.1) is 0 Å². The molecule has 2 aromatic carbocycles. The lowest BCUT2D eigenvalue weighted by Crippen LogP contribution is -2.48. The van der Waals surface area contributed by atoms with Gasteiger partial charge < -0.3 is 30.5 Å². The second-order valence-corrected chi connectivity index (χ2v) is 10.3. The van der Waals surface area contributed by atoms with Crippen molar-refractivity contribution in [1.29, 1.82) is 0 Å². The number of nitrogens with two attached hydrogens (primary N) is 1. The Balaban J connectivity index is 1.39. The standard InChI is InChI=1S/C31H38N6O3/c32-11-4-16-37(31(39)36-17-19-40-20-18-36)23-24-5-3-6-26(21-24)27-7-8-29(35-14-1-2-15-35)28(22-27)34-30(38)25-9-12-33-13-10-25/h3,5-10,12-13,21-22H,1-2,4,11,14-20,23,32H2,(H,34,38). The topological polar surface area (TPSA) is 104 Å². The number of anilines is 2. The Morgan fingerprint density at radius 2 is 1.70 bits per heavy atom. The van der Waals surface area contributed by atoms with Gasteiger partial charge in [-0.25, -0.2) is 4.79 Å². The van der Waals surface area contributed by atoms with Crippen molar-refractivity contribution in [3.63, 3.8) is 0 Å². The van der Waals surface area contributed by atoms with E-state index >= 15 is 0 Å². The summed E-state index contributed by atoms with van der Waals surface area (Å²) in [6, 6.07) is 18.0. The van der Waals surface area contributed by atoms with E-state index in [4.69, 9.17) is 10.5 Å². The van der Waals surface area contributed by atoms with Crippen molar-refractivity contribution in [3.8, 4) is 11.1 Å². The van der Waals surface area contributed by atoms with Gasteiger partial charge in [0.1, 0.15) is 0 Å². The van der Waals surface area contributed by atoms with Crippen LogP contribution in [-0.4, -0.2) is 79.2 Å². The molecule has 5 rings (SSSR count). The zero-order valence-corrected chi connectivity index (χ0v) is 22.9. The molecule has 0 saturated carbocycles. The van der Waals surface area contributed by atoms with Gasteiger partial charge in [-0.2, -0.15) is 0 Å². The number of carbonyl (C=O) groups excluding carboxylic acids is 2. The van der Waals surface area contributed by atoms with Gasteiger partial charge in [0.05, 0.1) is 24.6 Å². The van der Waals surface area contributed by atoms with Gasteiger partial charge in [-0.3, -0.25) is 9.78 Å². The number of morpholine rings is 1. The number of hydrogen-bond acceptors (Lipinski definition) is 6. The second kappa shape index (κ2) is 13.4. The highest BCUT2D eigenvalue weighted by Gasteiger charge is 2.23. The van der Waals surface area contributed by atoms with E-state index in [1.54, 1.807) is 24.5 Å². The molecule has 1 aromatic heterocycles. The molecule has 0 unspecified atom stereocenters. The maximum Gasteiger partial charge on any atom is 0.320 e. The van der Waals surface area contributed by atoms with Crippen LogP contribution in [0.1, 0.15) is 35.2 Å². The molecule has 3 aromatic rings. The Morgan fingerprint density at radius 3 is 2.45 bits per heavy atom. The van der Waals surface area contributed by atoms with Crippen LogP contribution in [0.15, 0.2) is 67.0 Å². The molecular weight excluding hydrogens is 504 g/mol. The fourth-order valence-corrected chi connectivity index (χ4v) is 5.30. The lowest BCUT2D eigenvalue weighted by atomic mass is 10.0. The van der Waals surface area contributed by atoms with Crippen LogP contribution in [0.25, 0.3) is 11.1 Å². The van der Waals surface area contributed by atoms with Crippen LogP contribution in [0.3, 0.4) is 0 Å². The number of pyridine rings is 1. The summed E-state index contributed by atoms with van der Waals surface area (Å²) in [6.45, 7) is 5.94. The van der Waals surface area contributed by atoms with E-state index in [1.807, 2.05) is 15.9 Å². The molecule has 0 bridgehead atoms. The summed E-state index contributed by atoms with van der Waals surface area (Å²) in [7, 11) is 0. The van der Waals surface area contributed by atoms with Gasteiger partial charge in [0.2, 0.25) is 0 Å². The van der Waals surface area contributed by atoms with E-state index in [0.29, 0.717) is 51.5 Å². The van der Waals surface area contributed by atoms with E-state index < -0.39 is 0 Å². The van der Waals surface area contributed by atoms with Gasteiger partial charge in [-0.1, -0.05) is 24.3 Å². The molecule has 9 heteroatoms. The fourth-order valence-electron chi connectivity index (χ4n) is 5.30. The molecule has 40 heavy (non-hydrogen) atoms. The maximum atomic E-state index is 13.3. The number of benzene rings is 2. The zero-order chi connectivity index (χ0) is 27.7. The smallest absolute Gasteiger partial charge is 0.320 e. The van der Waals surface area contributed by atoms with Gasteiger partial charge in [-0.05, 0) is 72.8 Å². The van der Waals surface area contributed by atoms with Crippen LogP contribution in [0.5, 0.6) is 0 Å². The summed E-state index contributed by atoms with van der Waals surface area (Å²) in [6.07, 6.45) is 6.28. The third-order valence-electron chi connectivity index (χ3n) is 7.45. The summed E-state index contributed by atoms with van der Waals surface area (Å²) in [5.41, 5.74) is 11.2. The van der Waals surface area contributed by atoms with E-state index in [2.05, 4.69) is 51.6 Å². The molecule has 0 spiro atoms. The van der Waals surface area contributed by atoms with Crippen molar-refractivity contribution in [2.45, 2.75) is 25.8 Å². The maximum absolute atomic E-state index is 13.3. The van der Waals surface area contributed by atoms with Crippen LogP contribution in [0.2, 0.25) is 0 Å². The molecule has 210 valence electrons. The summed E-state index contributed by atoms with van der Waals surface area (Å²) in [4.78, 5) is 36.5. The highest BCUT2D eigenvalue weighted by molar-refractivity contribution is 6.06. The number of urea groups is 1. The van der Waals surface area contributed by atoms with Crippen LogP contribution in [0.4, 0.5) is 16.2 Å². The number of rotatable bonds is 9. The highest BCUT2D eigenvalue weighted by Crippen LogP contribution is 2.34. The lowest BCUT2D eigenvalue weighted by molar-refractivity contribution is 0.0425.